The van der Waals surface area contributed by atoms with E-state index in [0.717, 1.165) is 5.75 Å². The van der Waals surface area contributed by atoms with Gasteiger partial charge < -0.3 is 15.2 Å². The lowest BCUT2D eigenvalue weighted by Gasteiger charge is -2.06. The number of hydrogen-bond acceptors (Lipinski definition) is 5. The predicted molar refractivity (Wildman–Crippen MR) is 109 cm³/mol. The number of carbonyl (C=O) groups is 2. The second-order valence-corrected chi connectivity index (χ2v) is 6.43. The van der Waals surface area contributed by atoms with Crippen LogP contribution in [0, 0.1) is 0 Å². The molecule has 0 radical (unpaired) electrons. The molecule has 0 aliphatic carbocycles. The highest BCUT2D eigenvalue weighted by Crippen LogP contribution is 2.16. The van der Waals surface area contributed by atoms with Gasteiger partial charge in [0.1, 0.15) is 15.5 Å². The molecule has 0 unspecified atom stereocenters. The number of hydrogen-bond donors (Lipinski definition) is 2. The molecule has 0 spiro atoms. The second kappa shape index (κ2) is 10.4. The minimum absolute atomic E-state index is 0.197. The van der Waals surface area contributed by atoms with Gasteiger partial charge in [-0.1, -0.05) is 11.6 Å². The minimum Gasteiger partial charge on any atom is -0.497 e. The molecular weight excluding hydrogens is 450 g/mol. The molecule has 7 nitrogen and oxygen atoms in total. The average molecular weight is 465 g/mol. The molecule has 0 atom stereocenters. The zero-order valence-corrected chi connectivity index (χ0v) is 16.9. The van der Waals surface area contributed by atoms with E-state index in [1.54, 1.807) is 49.6 Å². The number of ether oxygens (including phenoxy) is 1. The largest absolute Gasteiger partial charge is 0.497 e. The molecule has 2 N–H and O–H groups in total. The van der Waals surface area contributed by atoms with E-state index in [9.17, 15) is 9.59 Å². The van der Waals surface area contributed by atoms with Gasteiger partial charge in [-0.25, -0.2) is 14.8 Å². The summed E-state index contributed by atoms with van der Waals surface area (Å²) in [6.45, 7) is 0. The fourth-order valence-electron chi connectivity index (χ4n) is 1.89. The minimum atomic E-state index is -0.958. The van der Waals surface area contributed by atoms with Crippen LogP contribution >= 0.6 is 27.5 Å². The number of amides is 1. The third-order valence-corrected chi connectivity index (χ3v) is 4.00. The van der Waals surface area contributed by atoms with E-state index in [1.165, 1.54) is 18.5 Å². The summed E-state index contributed by atoms with van der Waals surface area (Å²) < 4.78 is 5.67. The van der Waals surface area contributed by atoms with Gasteiger partial charge in [-0.3, -0.25) is 4.79 Å². The number of pyridine rings is 2. The first-order chi connectivity index (χ1) is 13.4. The highest BCUT2D eigenvalue weighted by molar-refractivity contribution is 9.10. The number of nitrogens with one attached hydrogen (secondary N) is 1. The van der Waals surface area contributed by atoms with Crippen molar-refractivity contribution in [3.8, 4) is 5.75 Å². The lowest BCUT2D eigenvalue weighted by Crippen LogP contribution is -2.11. The maximum atomic E-state index is 11.9. The molecule has 3 rings (SSSR count). The Balaban J connectivity index is 0.000000237. The number of methoxy groups -OCH3 is 1. The number of benzene rings is 1. The quantitative estimate of drug-likeness (QED) is 0.550. The van der Waals surface area contributed by atoms with Gasteiger partial charge in [0.25, 0.3) is 5.91 Å². The van der Waals surface area contributed by atoms with Gasteiger partial charge in [0.05, 0.1) is 18.2 Å². The number of carboxylic acid groups (broad SMARTS) is 1. The summed E-state index contributed by atoms with van der Waals surface area (Å²) in [6.07, 6.45) is 2.73. The lowest BCUT2D eigenvalue weighted by molar-refractivity contribution is 0.0696. The molecule has 1 amide bonds. The summed E-state index contributed by atoms with van der Waals surface area (Å²) in [7, 11) is 1.59. The zero-order valence-electron chi connectivity index (χ0n) is 14.6. The Morgan fingerprint density at radius 2 is 1.64 bits per heavy atom. The van der Waals surface area contributed by atoms with Crippen molar-refractivity contribution in [1.29, 1.82) is 0 Å². The molecule has 1 aromatic carbocycles. The van der Waals surface area contributed by atoms with E-state index in [1.807, 2.05) is 0 Å². The Hall–Kier alpha value is -2.97. The molecule has 0 bridgehead atoms. The Labute approximate surface area is 174 Å². The first-order valence-electron chi connectivity index (χ1n) is 7.81. The van der Waals surface area contributed by atoms with Gasteiger partial charge in [0, 0.05) is 18.1 Å². The fraction of sp³-hybridized carbons (Fsp3) is 0.0526. The molecule has 9 heteroatoms. The molecule has 3 aromatic rings. The molecular formula is C19H15BrClN3O4. The zero-order chi connectivity index (χ0) is 20.5. The first-order valence-corrected chi connectivity index (χ1v) is 8.98. The summed E-state index contributed by atoms with van der Waals surface area (Å²) in [5, 5.41) is 11.5. The highest BCUT2D eigenvalue weighted by atomic mass is 79.9. The molecule has 0 aliphatic heterocycles. The number of carboxylic acids is 1. The normalized spacial score (nSPS) is 9.68. The summed E-state index contributed by atoms with van der Waals surface area (Å²) in [5.41, 5.74) is 1.34. The Morgan fingerprint density at radius 1 is 1.00 bits per heavy atom. The van der Waals surface area contributed by atoms with Crippen molar-refractivity contribution in [2.24, 2.45) is 0 Å². The third-order valence-electron chi connectivity index (χ3n) is 3.31. The predicted octanol–water partition coefficient (Wildman–Crippen LogP) is 4.54. The molecule has 0 saturated heterocycles. The van der Waals surface area contributed by atoms with Gasteiger partial charge >= 0.3 is 5.97 Å². The van der Waals surface area contributed by atoms with Crippen molar-refractivity contribution in [2.75, 3.05) is 12.4 Å². The van der Waals surface area contributed by atoms with Crippen molar-refractivity contribution < 1.29 is 19.4 Å². The second-order valence-electron chi connectivity index (χ2n) is 5.23. The summed E-state index contributed by atoms with van der Waals surface area (Å²) in [4.78, 5) is 29.7. The molecule has 0 aliphatic rings. The van der Waals surface area contributed by atoms with E-state index < -0.39 is 5.97 Å². The monoisotopic (exact) mass is 463 g/mol. The number of aromatic nitrogens is 2. The molecule has 28 heavy (non-hydrogen) atoms. The number of nitrogens with zero attached hydrogens (tertiary/aromatic N) is 2. The standard InChI is InChI=1S/C13H11ClN2O2.C6H4BrNO2/c1-18-11-5-3-10(4-6-11)16-13(17)9-2-7-12(14)15-8-9;7-5-2-1-4(3-8-5)6(9)10/h2-8H,1H3,(H,16,17);1-3H,(H,9,10). The van der Waals surface area contributed by atoms with Crippen molar-refractivity contribution in [2.45, 2.75) is 0 Å². The van der Waals surface area contributed by atoms with Crippen LogP contribution in [0.5, 0.6) is 5.75 Å². The number of rotatable bonds is 4. The van der Waals surface area contributed by atoms with Crippen LogP contribution in [0.15, 0.2) is 65.5 Å². The van der Waals surface area contributed by atoms with E-state index in [2.05, 4.69) is 31.2 Å². The van der Waals surface area contributed by atoms with Gasteiger partial charge in [0.15, 0.2) is 0 Å². The average Bonchev–Trinajstić information content (AvgIpc) is 2.70. The number of anilines is 1. The van der Waals surface area contributed by atoms with E-state index in [0.29, 0.717) is 21.0 Å². The van der Waals surface area contributed by atoms with Crippen LogP contribution in [0.4, 0.5) is 5.69 Å². The van der Waals surface area contributed by atoms with Gasteiger partial charge in [-0.2, -0.15) is 0 Å². The van der Waals surface area contributed by atoms with Crippen LogP contribution in [0.1, 0.15) is 20.7 Å². The van der Waals surface area contributed by atoms with Crippen LogP contribution in [0.2, 0.25) is 5.15 Å². The summed E-state index contributed by atoms with van der Waals surface area (Å²) >= 11 is 8.74. The van der Waals surface area contributed by atoms with Gasteiger partial charge in [-0.15, -0.1) is 0 Å². The van der Waals surface area contributed by atoms with Gasteiger partial charge in [-0.05, 0) is 64.5 Å². The van der Waals surface area contributed by atoms with Crippen LogP contribution in [-0.4, -0.2) is 34.1 Å². The lowest BCUT2D eigenvalue weighted by atomic mass is 10.2. The fourth-order valence-corrected chi connectivity index (χ4v) is 2.24. The van der Waals surface area contributed by atoms with E-state index >= 15 is 0 Å². The van der Waals surface area contributed by atoms with E-state index in [4.69, 9.17) is 21.4 Å². The Bertz CT molecular complexity index is 933. The topological polar surface area (TPSA) is 101 Å². The summed E-state index contributed by atoms with van der Waals surface area (Å²) in [5.74, 6) is -0.453. The molecule has 2 heterocycles. The maximum Gasteiger partial charge on any atom is 0.337 e. The van der Waals surface area contributed by atoms with Crippen LogP contribution in [-0.2, 0) is 0 Å². The van der Waals surface area contributed by atoms with Crippen LogP contribution < -0.4 is 10.1 Å². The van der Waals surface area contributed by atoms with Crippen molar-refractivity contribution >= 4 is 45.1 Å². The van der Waals surface area contributed by atoms with Gasteiger partial charge in [0.2, 0.25) is 0 Å². The first kappa shape index (κ1) is 21.3. The number of aromatic carboxylic acids is 1. The number of carbonyl (C=O) groups excluding carboxylic acids is 1. The van der Waals surface area contributed by atoms with Crippen LogP contribution in [0.25, 0.3) is 0 Å². The number of halogens is 2. The summed E-state index contributed by atoms with van der Waals surface area (Å²) in [6, 6.07) is 13.3. The Kier molecular flexibility index (Phi) is 7.91. The van der Waals surface area contributed by atoms with Crippen LogP contribution in [0.3, 0.4) is 0 Å². The molecule has 0 saturated carbocycles. The Morgan fingerprint density at radius 3 is 2.14 bits per heavy atom. The maximum absolute atomic E-state index is 11.9. The molecule has 0 fully saturated rings. The van der Waals surface area contributed by atoms with E-state index in [-0.39, 0.29) is 11.5 Å². The third kappa shape index (κ3) is 6.64. The SMILES string of the molecule is COc1ccc(NC(=O)c2ccc(Cl)nc2)cc1.O=C(O)c1ccc(Br)nc1. The molecule has 144 valence electrons. The highest BCUT2D eigenvalue weighted by Gasteiger charge is 2.06. The van der Waals surface area contributed by atoms with Crippen molar-refractivity contribution in [1.82, 2.24) is 9.97 Å². The van der Waals surface area contributed by atoms with Crippen molar-refractivity contribution in [3.63, 3.8) is 0 Å². The molecule has 2 aromatic heterocycles. The van der Waals surface area contributed by atoms with Crippen molar-refractivity contribution in [3.05, 3.63) is 81.8 Å². The smallest absolute Gasteiger partial charge is 0.337 e.